The van der Waals surface area contributed by atoms with Crippen molar-refractivity contribution in [3.8, 4) is 0 Å². The monoisotopic (exact) mass is 349 g/mol. The van der Waals surface area contributed by atoms with Gasteiger partial charge in [0.1, 0.15) is 11.2 Å². The normalized spacial score (nSPS) is 17.9. The van der Waals surface area contributed by atoms with Crippen molar-refractivity contribution in [3.05, 3.63) is 28.0 Å². The predicted octanol–water partition coefficient (Wildman–Crippen LogP) is 1.26. The van der Waals surface area contributed by atoms with E-state index < -0.39 is 0 Å². The Morgan fingerprint density at radius 2 is 2.29 bits per heavy atom. The number of likely N-dealkylation sites (tertiary alicyclic amines) is 1. The number of hydrogen-bond donors (Lipinski definition) is 0. The number of rotatable bonds is 4. The summed E-state index contributed by atoms with van der Waals surface area (Å²) in [6.07, 6.45) is 3.07. The topological polar surface area (TPSA) is 81.5 Å². The van der Waals surface area contributed by atoms with Gasteiger partial charge in [-0.1, -0.05) is 0 Å². The third-order valence-corrected chi connectivity index (χ3v) is 5.06. The van der Waals surface area contributed by atoms with Crippen molar-refractivity contribution < 1.29 is 14.3 Å². The van der Waals surface area contributed by atoms with Gasteiger partial charge in [0.15, 0.2) is 0 Å². The minimum Gasteiger partial charge on any atom is -0.466 e. The summed E-state index contributed by atoms with van der Waals surface area (Å²) in [5.41, 5.74) is -0.255. The van der Waals surface area contributed by atoms with Crippen molar-refractivity contribution in [2.45, 2.75) is 26.3 Å². The van der Waals surface area contributed by atoms with Gasteiger partial charge in [-0.2, -0.15) is 5.10 Å². The number of carbonyl (C=O) groups is 2. The van der Waals surface area contributed by atoms with Crippen LogP contribution in [0.3, 0.4) is 0 Å². The number of fused-ring (bicyclic) bond motifs is 1. The molecule has 0 bridgehead atoms. The highest BCUT2D eigenvalue weighted by molar-refractivity contribution is 7.17. The van der Waals surface area contributed by atoms with E-state index in [4.69, 9.17) is 4.74 Å². The zero-order valence-electron chi connectivity index (χ0n) is 13.4. The highest BCUT2D eigenvalue weighted by Gasteiger charge is 2.29. The van der Waals surface area contributed by atoms with Crippen molar-refractivity contribution in [3.63, 3.8) is 0 Å². The first-order valence-electron chi connectivity index (χ1n) is 7.98. The maximum absolute atomic E-state index is 12.5. The van der Waals surface area contributed by atoms with Crippen LogP contribution in [0, 0.1) is 5.92 Å². The second-order valence-corrected chi connectivity index (χ2v) is 6.66. The van der Waals surface area contributed by atoms with E-state index >= 15 is 0 Å². The molecule has 0 saturated carbocycles. The summed E-state index contributed by atoms with van der Waals surface area (Å²) in [6.45, 7) is 2.92. The van der Waals surface area contributed by atoms with Gasteiger partial charge in [0, 0.05) is 18.5 Å². The zero-order valence-corrected chi connectivity index (χ0v) is 14.3. The third-order valence-electron chi connectivity index (χ3n) is 4.14. The highest BCUT2D eigenvalue weighted by Crippen LogP contribution is 2.18. The number of piperidine rings is 1. The molecule has 0 aromatic carbocycles. The van der Waals surface area contributed by atoms with Gasteiger partial charge >= 0.3 is 5.97 Å². The van der Waals surface area contributed by atoms with Crippen LogP contribution in [-0.2, 0) is 20.9 Å². The molecular formula is C16H19N3O4S. The summed E-state index contributed by atoms with van der Waals surface area (Å²) in [4.78, 5) is 38.3. The standard InChI is InChI=1S/C16H19N3O4S/c1-2-23-16(22)12-4-3-6-18(9-12)13(20)10-19-15(21)14-11(8-17-19)5-7-24-14/h5,7-8,12H,2-4,6,9-10H2,1H3. The van der Waals surface area contributed by atoms with Crippen LogP contribution >= 0.6 is 11.3 Å². The lowest BCUT2D eigenvalue weighted by atomic mass is 9.98. The molecule has 2 aromatic heterocycles. The van der Waals surface area contributed by atoms with E-state index in [9.17, 15) is 14.4 Å². The van der Waals surface area contributed by atoms with Crippen LogP contribution < -0.4 is 5.56 Å². The Balaban J connectivity index is 1.70. The Bertz CT molecular complexity index is 813. The molecule has 1 amide bonds. The molecule has 2 aromatic rings. The molecule has 1 aliphatic rings. The van der Waals surface area contributed by atoms with E-state index in [1.54, 1.807) is 18.0 Å². The SMILES string of the molecule is CCOC(=O)C1CCCN(C(=O)Cn2ncc3ccsc3c2=O)C1. The van der Waals surface area contributed by atoms with Crippen LogP contribution in [0.4, 0.5) is 0 Å². The van der Waals surface area contributed by atoms with Crippen molar-refractivity contribution in [1.29, 1.82) is 0 Å². The molecule has 1 fully saturated rings. The first kappa shape index (κ1) is 16.6. The van der Waals surface area contributed by atoms with Gasteiger partial charge in [0.2, 0.25) is 5.91 Å². The summed E-state index contributed by atoms with van der Waals surface area (Å²) in [5, 5.41) is 6.68. The highest BCUT2D eigenvalue weighted by atomic mass is 32.1. The maximum atomic E-state index is 12.5. The average molecular weight is 349 g/mol. The van der Waals surface area contributed by atoms with Crippen LogP contribution in [0.15, 0.2) is 22.4 Å². The molecule has 1 unspecified atom stereocenters. The van der Waals surface area contributed by atoms with Crippen LogP contribution in [0.25, 0.3) is 10.1 Å². The first-order valence-corrected chi connectivity index (χ1v) is 8.86. The van der Waals surface area contributed by atoms with Crippen molar-refractivity contribution in [2.75, 3.05) is 19.7 Å². The van der Waals surface area contributed by atoms with E-state index in [1.165, 1.54) is 16.0 Å². The molecule has 3 heterocycles. The molecule has 3 rings (SSSR count). The van der Waals surface area contributed by atoms with Crippen LogP contribution in [0.2, 0.25) is 0 Å². The Hall–Kier alpha value is -2.22. The Morgan fingerprint density at radius 3 is 3.08 bits per heavy atom. The van der Waals surface area contributed by atoms with Crippen molar-refractivity contribution >= 4 is 33.3 Å². The Kier molecular flexibility index (Phi) is 4.94. The van der Waals surface area contributed by atoms with E-state index in [-0.39, 0.29) is 29.9 Å². The molecule has 128 valence electrons. The van der Waals surface area contributed by atoms with E-state index in [0.717, 1.165) is 18.2 Å². The molecule has 1 atom stereocenters. The third kappa shape index (κ3) is 3.33. The molecule has 7 nitrogen and oxygen atoms in total. The van der Waals surface area contributed by atoms with Crippen LogP contribution in [-0.4, -0.2) is 46.3 Å². The number of hydrogen-bond acceptors (Lipinski definition) is 6. The molecule has 24 heavy (non-hydrogen) atoms. The number of thiophene rings is 1. The van der Waals surface area contributed by atoms with Crippen LogP contribution in [0.5, 0.6) is 0 Å². The molecule has 8 heteroatoms. The van der Waals surface area contributed by atoms with Gasteiger partial charge in [-0.3, -0.25) is 14.4 Å². The van der Waals surface area contributed by atoms with Gasteiger partial charge in [-0.15, -0.1) is 11.3 Å². The fraction of sp³-hybridized carbons (Fsp3) is 0.500. The quantitative estimate of drug-likeness (QED) is 0.776. The molecule has 0 N–H and O–H groups in total. The lowest BCUT2D eigenvalue weighted by molar-refractivity contribution is -0.151. The molecule has 0 spiro atoms. The molecule has 1 saturated heterocycles. The molecule has 0 aliphatic carbocycles. The summed E-state index contributed by atoms with van der Waals surface area (Å²) in [5.74, 6) is -0.744. The lowest BCUT2D eigenvalue weighted by Crippen LogP contribution is -2.45. The lowest BCUT2D eigenvalue weighted by Gasteiger charge is -2.31. The number of ether oxygens (including phenoxy) is 1. The maximum Gasteiger partial charge on any atom is 0.310 e. The van der Waals surface area contributed by atoms with Crippen LogP contribution in [0.1, 0.15) is 19.8 Å². The molecular weight excluding hydrogens is 330 g/mol. The number of amides is 1. The van der Waals surface area contributed by atoms with Gasteiger partial charge in [-0.25, -0.2) is 4.68 Å². The summed E-state index contributed by atoms with van der Waals surface area (Å²) < 4.78 is 6.83. The van der Waals surface area contributed by atoms with E-state index in [0.29, 0.717) is 24.4 Å². The van der Waals surface area contributed by atoms with Crippen molar-refractivity contribution in [1.82, 2.24) is 14.7 Å². The van der Waals surface area contributed by atoms with Gasteiger partial charge in [-0.05, 0) is 31.2 Å². The summed E-state index contributed by atoms with van der Waals surface area (Å²) in [6, 6.07) is 1.83. The van der Waals surface area contributed by atoms with E-state index in [2.05, 4.69) is 5.10 Å². The number of esters is 1. The largest absolute Gasteiger partial charge is 0.466 e. The number of carbonyl (C=O) groups excluding carboxylic acids is 2. The van der Waals surface area contributed by atoms with Crippen molar-refractivity contribution in [2.24, 2.45) is 5.92 Å². The zero-order chi connectivity index (χ0) is 17.1. The fourth-order valence-electron chi connectivity index (χ4n) is 2.89. The minimum atomic E-state index is -0.285. The number of nitrogens with zero attached hydrogens (tertiary/aromatic N) is 3. The van der Waals surface area contributed by atoms with Gasteiger partial charge in [0.05, 0.1) is 18.7 Å². The fourth-order valence-corrected chi connectivity index (χ4v) is 3.71. The second-order valence-electron chi connectivity index (χ2n) is 5.74. The average Bonchev–Trinajstić information content (AvgIpc) is 3.07. The second kappa shape index (κ2) is 7.12. The molecule has 1 aliphatic heterocycles. The first-order chi connectivity index (χ1) is 11.6. The van der Waals surface area contributed by atoms with Gasteiger partial charge in [0.25, 0.3) is 5.56 Å². The molecule has 0 radical (unpaired) electrons. The summed E-state index contributed by atoms with van der Waals surface area (Å²) in [7, 11) is 0. The number of aromatic nitrogens is 2. The Morgan fingerprint density at radius 1 is 1.46 bits per heavy atom. The minimum absolute atomic E-state index is 0.109. The van der Waals surface area contributed by atoms with Gasteiger partial charge < -0.3 is 9.64 Å². The predicted molar refractivity (Wildman–Crippen MR) is 89.8 cm³/mol. The smallest absolute Gasteiger partial charge is 0.310 e. The van der Waals surface area contributed by atoms with E-state index in [1.807, 2.05) is 11.4 Å². The Labute approximate surface area is 142 Å². The summed E-state index contributed by atoms with van der Waals surface area (Å²) >= 11 is 1.34.